The molecule has 0 aromatic heterocycles. The Morgan fingerprint density at radius 1 is 1.50 bits per heavy atom. The number of carbonyl (C=O) groups excluding carboxylic acids is 2. The van der Waals surface area contributed by atoms with Crippen LogP contribution in [0, 0.1) is 11.3 Å². The van der Waals surface area contributed by atoms with E-state index in [0.29, 0.717) is 23.0 Å². The number of nitrogens with zero attached hydrogens (tertiary/aromatic N) is 2. The van der Waals surface area contributed by atoms with E-state index in [1.807, 2.05) is 13.0 Å². The SMILES string of the molecule is CCCCN1C(=O)CSC1=C(C#N)C(=O)Nc1cccc(OC)c1. The van der Waals surface area contributed by atoms with Crippen molar-refractivity contribution in [1.29, 1.82) is 5.26 Å². The molecule has 1 saturated heterocycles. The third kappa shape index (κ3) is 4.09. The lowest BCUT2D eigenvalue weighted by Crippen LogP contribution is -2.28. The molecule has 0 bridgehead atoms. The number of unbranched alkanes of at least 4 members (excludes halogenated alkanes) is 1. The Bertz CT molecular complexity index is 709. The van der Waals surface area contributed by atoms with Gasteiger partial charge >= 0.3 is 0 Å². The maximum absolute atomic E-state index is 12.5. The molecule has 1 aliphatic rings. The highest BCUT2D eigenvalue weighted by molar-refractivity contribution is 8.04. The second kappa shape index (κ2) is 8.41. The molecule has 1 heterocycles. The molecule has 1 aliphatic heterocycles. The van der Waals surface area contributed by atoms with Gasteiger partial charge in [0.05, 0.1) is 12.9 Å². The molecule has 0 atom stereocenters. The predicted molar refractivity (Wildman–Crippen MR) is 93.3 cm³/mol. The second-order valence-electron chi connectivity index (χ2n) is 5.17. The lowest BCUT2D eigenvalue weighted by molar-refractivity contribution is -0.125. The summed E-state index contributed by atoms with van der Waals surface area (Å²) in [6.07, 6.45) is 1.76. The summed E-state index contributed by atoms with van der Waals surface area (Å²) in [6, 6.07) is 8.82. The third-order valence-electron chi connectivity index (χ3n) is 3.49. The monoisotopic (exact) mass is 345 g/mol. The first-order chi connectivity index (χ1) is 11.6. The summed E-state index contributed by atoms with van der Waals surface area (Å²) in [5, 5.41) is 12.5. The summed E-state index contributed by atoms with van der Waals surface area (Å²) in [7, 11) is 1.54. The fourth-order valence-electron chi connectivity index (χ4n) is 2.24. The number of rotatable bonds is 6. The maximum Gasteiger partial charge on any atom is 0.269 e. The zero-order valence-corrected chi connectivity index (χ0v) is 14.5. The summed E-state index contributed by atoms with van der Waals surface area (Å²) < 4.78 is 5.11. The van der Waals surface area contributed by atoms with Crippen LogP contribution in [0.15, 0.2) is 34.9 Å². The second-order valence-corrected chi connectivity index (χ2v) is 6.13. The molecule has 24 heavy (non-hydrogen) atoms. The minimum absolute atomic E-state index is 0.0372. The molecule has 1 N–H and O–H groups in total. The van der Waals surface area contributed by atoms with Crippen molar-refractivity contribution in [3.63, 3.8) is 0 Å². The number of nitrogens with one attached hydrogen (secondary N) is 1. The van der Waals surface area contributed by atoms with Crippen LogP contribution in [0.5, 0.6) is 5.75 Å². The average Bonchev–Trinajstić information content (AvgIpc) is 2.94. The molecule has 6 nitrogen and oxygen atoms in total. The van der Waals surface area contributed by atoms with Crippen LogP contribution in [0.1, 0.15) is 19.8 Å². The topological polar surface area (TPSA) is 82.4 Å². The van der Waals surface area contributed by atoms with Gasteiger partial charge in [0, 0.05) is 18.3 Å². The van der Waals surface area contributed by atoms with Crippen LogP contribution < -0.4 is 10.1 Å². The minimum Gasteiger partial charge on any atom is -0.497 e. The van der Waals surface area contributed by atoms with Crippen molar-refractivity contribution in [2.24, 2.45) is 0 Å². The normalized spacial score (nSPS) is 15.9. The van der Waals surface area contributed by atoms with Crippen molar-refractivity contribution in [3.8, 4) is 11.8 Å². The number of hydrogen-bond acceptors (Lipinski definition) is 5. The largest absolute Gasteiger partial charge is 0.497 e. The van der Waals surface area contributed by atoms with Crippen molar-refractivity contribution < 1.29 is 14.3 Å². The number of benzene rings is 1. The van der Waals surface area contributed by atoms with E-state index in [9.17, 15) is 14.9 Å². The van der Waals surface area contributed by atoms with E-state index in [1.54, 1.807) is 24.3 Å². The summed E-state index contributed by atoms with van der Waals surface area (Å²) in [6.45, 7) is 2.55. The minimum atomic E-state index is -0.524. The van der Waals surface area contributed by atoms with Crippen molar-refractivity contribution in [2.45, 2.75) is 19.8 Å². The molecule has 0 radical (unpaired) electrons. The molecular weight excluding hydrogens is 326 g/mol. The van der Waals surface area contributed by atoms with E-state index in [-0.39, 0.29) is 17.2 Å². The molecule has 0 aliphatic carbocycles. The smallest absolute Gasteiger partial charge is 0.269 e. The van der Waals surface area contributed by atoms with E-state index in [2.05, 4.69) is 5.32 Å². The van der Waals surface area contributed by atoms with Crippen LogP contribution in [0.2, 0.25) is 0 Å². The first-order valence-electron chi connectivity index (χ1n) is 7.63. The molecule has 2 amide bonds. The lowest BCUT2D eigenvalue weighted by atomic mass is 10.2. The molecule has 7 heteroatoms. The highest BCUT2D eigenvalue weighted by atomic mass is 32.2. The fourth-order valence-corrected chi connectivity index (χ4v) is 3.29. The van der Waals surface area contributed by atoms with Gasteiger partial charge in [-0.05, 0) is 18.6 Å². The molecule has 0 unspecified atom stereocenters. The van der Waals surface area contributed by atoms with Crippen LogP contribution in [-0.2, 0) is 9.59 Å². The molecule has 0 spiro atoms. The van der Waals surface area contributed by atoms with Gasteiger partial charge in [-0.1, -0.05) is 31.2 Å². The maximum atomic E-state index is 12.5. The zero-order valence-electron chi connectivity index (χ0n) is 13.7. The number of thioether (sulfide) groups is 1. The Kier molecular flexibility index (Phi) is 6.27. The van der Waals surface area contributed by atoms with Crippen LogP contribution in [0.4, 0.5) is 5.69 Å². The Balaban J connectivity index is 2.23. The fraction of sp³-hybridized carbons (Fsp3) is 0.353. The van der Waals surface area contributed by atoms with Gasteiger partial charge in [0.25, 0.3) is 5.91 Å². The van der Waals surface area contributed by atoms with Crippen molar-refractivity contribution in [1.82, 2.24) is 4.90 Å². The van der Waals surface area contributed by atoms with E-state index in [1.165, 1.54) is 23.8 Å². The standard InChI is InChI=1S/C17H19N3O3S/c1-3-4-8-20-15(21)11-24-17(20)14(10-18)16(22)19-12-6-5-7-13(9-12)23-2/h5-7,9H,3-4,8,11H2,1-2H3,(H,19,22). The highest BCUT2D eigenvalue weighted by Crippen LogP contribution is 2.32. The Labute approximate surface area is 145 Å². The highest BCUT2D eigenvalue weighted by Gasteiger charge is 2.31. The molecule has 1 aromatic carbocycles. The van der Waals surface area contributed by atoms with E-state index in [0.717, 1.165) is 12.8 Å². The van der Waals surface area contributed by atoms with Gasteiger partial charge in [0.1, 0.15) is 22.4 Å². The van der Waals surface area contributed by atoms with Gasteiger partial charge in [-0.25, -0.2) is 0 Å². The lowest BCUT2D eigenvalue weighted by Gasteiger charge is -2.17. The van der Waals surface area contributed by atoms with Gasteiger partial charge in [-0.3, -0.25) is 9.59 Å². The molecule has 1 aromatic rings. The predicted octanol–water partition coefficient (Wildman–Crippen LogP) is 2.74. The molecule has 126 valence electrons. The number of ether oxygens (including phenoxy) is 1. The van der Waals surface area contributed by atoms with Gasteiger partial charge < -0.3 is 15.0 Å². The van der Waals surface area contributed by atoms with Crippen molar-refractivity contribution in [2.75, 3.05) is 24.7 Å². The first kappa shape index (κ1) is 17.9. The zero-order chi connectivity index (χ0) is 17.5. The van der Waals surface area contributed by atoms with E-state index in [4.69, 9.17) is 4.74 Å². The Hall–Kier alpha value is -2.46. The Morgan fingerprint density at radius 2 is 2.29 bits per heavy atom. The first-order valence-corrected chi connectivity index (χ1v) is 8.62. The Morgan fingerprint density at radius 3 is 2.96 bits per heavy atom. The van der Waals surface area contributed by atoms with Crippen LogP contribution in [0.3, 0.4) is 0 Å². The summed E-state index contributed by atoms with van der Waals surface area (Å²) in [5.74, 6) is 0.278. The van der Waals surface area contributed by atoms with Gasteiger partial charge in [-0.2, -0.15) is 5.26 Å². The molecule has 2 rings (SSSR count). The van der Waals surface area contributed by atoms with E-state index >= 15 is 0 Å². The third-order valence-corrected chi connectivity index (χ3v) is 4.58. The molecular formula is C17H19N3O3S. The number of anilines is 1. The van der Waals surface area contributed by atoms with Gasteiger partial charge in [0.15, 0.2) is 0 Å². The molecule has 0 saturated carbocycles. The quantitative estimate of drug-likeness (QED) is 0.633. The van der Waals surface area contributed by atoms with Crippen molar-refractivity contribution >= 4 is 29.3 Å². The summed E-state index contributed by atoms with van der Waals surface area (Å²) >= 11 is 1.24. The number of hydrogen-bond donors (Lipinski definition) is 1. The summed E-state index contributed by atoms with van der Waals surface area (Å²) in [4.78, 5) is 26.0. The van der Waals surface area contributed by atoms with Gasteiger partial charge in [0.2, 0.25) is 5.91 Å². The van der Waals surface area contributed by atoms with E-state index < -0.39 is 5.91 Å². The van der Waals surface area contributed by atoms with Gasteiger partial charge in [-0.15, -0.1) is 0 Å². The molecule has 1 fully saturated rings. The number of carbonyl (C=O) groups is 2. The number of amides is 2. The van der Waals surface area contributed by atoms with Crippen LogP contribution in [0.25, 0.3) is 0 Å². The van der Waals surface area contributed by atoms with Crippen molar-refractivity contribution in [3.05, 3.63) is 34.9 Å². The summed E-state index contributed by atoms with van der Waals surface area (Å²) in [5.41, 5.74) is 0.493. The van der Waals surface area contributed by atoms with Crippen LogP contribution in [-0.4, -0.2) is 36.1 Å². The average molecular weight is 345 g/mol. The van der Waals surface area contributed by atoms with Crippen LogP contribution >= 0.6 is 11.8 Å². The number of nitriles is 1. The number of methoxy groups -OCH3 is 1.